The van der Waals surface area contributed by atoms with Gasteiger partial charge in [-0.25, -0.2) is 14.4 Å². The van der Waals surface area contributed by atoms with E-state index in [-0.39, 0.29) is 0 Å². The number of aromatic nitrogens is 2. The van der Waals surface area contributed by atoms with E-state index in [0.29, 0.717) is 18.1 Å². The molecular weight excluding hydrogens is 667 g/mol. The Kier molecular flexibility index (Phi) is 15.1. The molecule has 2 fully saturated rings. The van der Waals surface area contributed by atoms with Crippen molar-refractivity contribution in [2.24, 2.45) is 5.92 Å². The van der Waals surface area contributed by atoms with Crippen molar-refractivity contribution in [1.82, 2.24) is 19.9 Å². The van der Waals surface area contributed by atoms with Gasteiger partial charge in [0.25, 0.3) is 0 Å². The van der Waals surface area contributed by atoms with Crippen LogP contribution in [0.2, 0.25) is 0 Å². The molecule has 0 aliphatic carbocycles. The zero-order valence-corrected chi connectivity index (χ0v) is 24.9. The van der Waals surface area contributed by atoms with Crippen molar-refractivity contribution >= 4 is 17.9 Å². The number of aliphatic carboxylic acids is 3. The summed E-state index contributed by atoms with van der Waals surface area (Å²) in [7, 11) is 1.86. The number of methoxy groups -OCH3 is 1. The van der Waals surface area contributed by atoms with Crippen LogP contribution in [-0.2, 0) is 32.2 Å². The van der Waals surface area contributed by atoms with Crippen LogP contribution in [-0.4, -0.2) is 111 Å². The molecule has 2 aliphatic rings. The number of carbonyl (C=O) groups is 3. The maximum atomic E-state index is 10.6. The molecule has 3 N–H and O–H groups in total. The van der Waals surface area contributed by atoms with E-state index in [9.17, 15) is 39.5 Å². The second-order valence-corrected chi connectivity index (χ2v) is 10.0. The van der Waals surface area contributed by atoms with Crippen LogP contribution in [0.4, 0.5) is 39.5 Å². The minimum absolute atomic E-state index is 0.347. The van der Waals surface area contributed by atoms with E-state index in [2.05, 4.69) is 26.0 Å². The summed E-state index contributed by atoms with van der Waals surface area (Å²) in [5, 5.41) is 25.5. The third kappa shape index (κ3) is 13.7. The van der Waals surface area contributed by atoms with Crippen LogP contribution < -0.4 is 0 Å². The van der Waals surface area contributed by atoms with Crippen molar-refractivity contribution in [1.29, 1.82) is 0 Å². The number of hydrogen-bond donors (Lipinski definition) is 3. The molecule has 12 nitrogen and oxygen atoms in total. The van der Waals surface area contributed by atoms with Gasteiger partial charge in [0.05, 0.1) is 11.8 Å². The molecular formula is C26H31F9N4O8. The van der Waals surface area contributed by atoms with Gasteiger partial charge in [0.15, 0.2) is 0 Å². The van der Waals surface area contributed by atoms with E-state index < -0.39 is 36.4 Å². The molecule has 0 amide bonds. The molecule has 2 saturated heterocycles. The van der Waals surface area contributed by atoms with Gasteiger partial charge in [-0.3, -0.25) is 14.8 Å². The van der Waals surface area contributed by atoms with Gasteiger partial charge >= 0.3 is 36.4 Å². The summed E-state index contributed by atoms with van der Waals surface area (Å²) in [6.45, 7) is 9.13. The number of alkyl halides is 9. The third-order valence-corrected chi connectivity index (χ3v) is 6.76. The molecule has 0 aromatic carbocycles. The molecule has 0 unspecified atom stereocenters. The maximum absolute atomic E-state index is 10.6. The average molecular weight is 699 g/mol. The normalized spacial score (nSPS) is 20.0. The summed E-state index contributed by atoms with van der Waals surface area (Å²) in [6, 6.07) is 4.68. The quantitative estimate of drug-likeness (QED) is 0.380. The number of rotatable bonds is 5. The number of fused-ring (bicyclic) bond motifs is 1. The zero-order valence-electron chi connectivity index (χ0n) is 24.9. The van der Waals surface area contributed by atoms with Crippen LogP contribution in [0.3, 0.4) is 0 Å². The van der Waals surface area contributed by atoms with Gasteiger partial charge in [-0.1, -0.05) is 11.2 Å². The van der Waals surface area contributed by atoms with Gasteiger partial charge in [-0.2, -0.15) is 39.5 Å². The monoisotopic (exact) mass is 698 g/mol. The Labute approximate surface area is 260 Å². The lowest BCUT2D eigenvalue weighted by Crippen LogP contribution is -2.50. The standard InChI is InChI=1S/C20H28N4O2.3C2HF3O2/c1-14-17(15(2)26-22-14)12-24-8-6-20(25-3)18-11-23(13-19(18)24)10-16-5-4-7-21-9-16;3*3-2(4,5)1(6)7/h4-5,7,9,18-20H,6,8,10-13H2,1-3H3;3*(H,6,7)/t18-,19+,20-;;;/m0.../s1. The predicted octanol–water partition coefficient (Wildman–Crippen LogP) is 4.31. The summed E-state index contributed by atoms with van der Waals surface area (Å²) in [5.41, 5.74) is 3.53. The van der Waals surface area contributed by atoms with Gasteiger partial charge in [-0.15, -0.1) is 0 Å². The smallest absolute Gasteiger partial charge is 0.475 e. The van der Waals surface area contributed by atoms with Gasteiger partial charge in [0.1, 0.15) is 5.76 Å². The number of nitrogens with zero attached hydrogens (tertiary/aromatic N) is 4. The molecule has 0 radical (unpaired) electrons. The lowest BCUT2D eigenvalue weighted by molar-refractivity contribution is -0.193. The lowest BCUT2D eigenvalue weighted by Gasteiger charge is -2.41. The first-order chi connectivity index (χ1) is 21.5. The highest BCUT2D eigenvalue weighted by atomic mass is 19.4. The van der Waals surface area contributed by atoms with Crippen molar-refractivity contribution in [2.45, 2.75) is 64.0 Å². The molecule has 2 aromatic heterocycles. The molecule has 266 valence electrons. The van der Waals surface area contributed by atoms with Crippen LogP contribution in [0.25, 0.3) is 0 Å². The van der Waals surface area contributed by atoms with Crippen LogP contribution in [0.5, 0.6) is 0 Å². The summed E-state index contributed by atoms with van der Waals surface area (Å²) >= 11 is 0. The molecule has 0 saturated carbocycles. The van der Waals surface area contributed by atoms with Crippen molar-refractivity contribution in [3.05, 3.63) is 47.1 Å². The highest BCUT2D eigenvalue weighted by Gasteiger charge is 2.44. The summed E-state index contributed by atoms with van der Waals surface area (Å²) in [4.78, 5) is 36.1. The highest BCUT2D eigenvalue weighted by Crippen LogP contribution is 2.34. The predicted molar refractivity (Wildman–Crippen MR) is 140 cm³/mol. The van der Waals surface area contributed by atoms with Crippen LogP contribution >= 0.6 is 0 Å². The summed E-state index contributed by atoms with van der Waals surface area (Å²) in [6.07, 6.45) is -10.0. The van der Waals surface area contributed by atoms with Gasteiger partial charge < -0.3 is 24.6 Å². The molecule has 0 bridgehead atoms. The number of aryl methyl sites for hydroxylation is 2. The first kappa shape index (κ1) is 41.0. The summed E-state index contributed by atoms with van der Waals surface area (Å²) in [5.74, 6) is -6.78. The van der Waals surface area contributed by atoms with E-state index in [0.717, 1.165) is 50.6 Å². The number of halogens is 9. The Bertz CT molecular complexity index is 1230. The van der Waals surface area contributed by atoms with Crippen LogP contribution in [0, 0.1) is 19.8 Å². The van der Waals surface area contributed by atoms with Gasteiger partial charge in [0, 0.05) is 69.8 Å². The molecule has 2 aromatic rings. The molecule has 2 aliphatic heterocycles. The van der Waals surface area contributed by atoms with E-state index in [4.69, 9.17) is 39.0 Å². The second-order valence-electron chi connectivity index (χ2n) is 10.0. The number of likely N-dealkylation sites (tertiary alicyclic amines) is 2. The Morgan fingerprint density at radius 1 is 0.915 bits per heavy atom. The number of ether oxygens (including phenoxy) is 1. The Hall–Kier alpha value is -3.98. The summed E-state index contributed by atoms with van der Waals surface area (Å²) < 4.78 is 106. The van der Waals surface area contributed by atoms with Gasteiger partial charge in [-0.05, 0) is 31.9 Å². The van der Waals surface area contributed by atoms with Crippen LogP contribution in [0.1, 0.15) is 29.0 Å². The Morgan fingerprint density at radius 3 is 1.81 bits per heavy atom. The average Bonchev–Trinajstić information content (AvgIpc) is 3.51. The fourth-order valence-electron chi connectivity index (χ4n) is 4.62. The molecule has 3 atom stereocenters. The van der Waals surface area contributed by atoms with E-state index in [1.165, 1.54) is 11.1 Å². The third-order valence-electron chi connectivity index (χ3n) is 6.76. The van der Waals surface area contributed by atoms with E-state index in [1.54, 1.807) is 0 Å². The molecule has 0 spiro atoms. The van der Waals surface area contributed by atoms with Crippen molar-refractivity contribution < 1.29 is 78.5 Å². The number of piperidine rings is 1. The second kappa shape index (κ2) is 17.3. The SMILES string of the molecule is CO[C@H]1CCN(Cc2c(C)noc2C)[C@@H]2CN(Cc3cccnc3)C[C@H]12.O=C(O)C(F)(F)F.O=C(O)C(F)(F)F.O=C(O)C(F)(F)F. The molecule has 4 heterocycles. The fourth-order valence-corrected chi connectivity index (χ4v) is 4.62. The highest BCUT2D eigenvalue weighted by molar-refractivity contribution is 5.73. The lowest BCUT2D eigenvalue weighted by atomic mass is 9.88. The van der Waals surface area contributed by atoms with Gasteiger partial charge in [0.2, 0.25) is 0 Å². The topological polar surface area (TPSA) is 167 Å². The number of pyridine rings is 1. The number of carboxylic acids is 3. The fraction of sp³-hybridized carbons (Fsp3) is 0.577. The van der Waals surface area contributed by atoms with Crippen molar-refractivity contribution in [3.63, 3.8) is 0 Å². The minimum Gasteiger partial charge on any atom is -0.475 e. The largest absolute Gasteiger partial charge is 0.490 e. The van der Waals surface area contributed by atoms with Crippen molar-refractivity contribution in [2.75, 3.05) is 26.7 Å². The van der Waals surface area contributed by atoms with Crippen LogP contribution in [0.15, 0.2) is 29.0 Å². The first-order valence-electron chi connectivity index (χ1n) is 13.2. The molecule has 47 heavy (non-hydrogen) atoms. The van der Waals surface area contributed by atoms with E-state index in [1.807, 2.05) is 39.4 Å². The Morgan fingerprint density at radius 2 is 1.43 bits per heavy atom. The number of hydrogen-bond acceptors (Lipinski definition) is 9. The maximum Gasteiger partial charge on any atom is 0.490 e. The van der Waals surface area contributed by atoms with Crippen molar-refractivity contribution in [3.8, 4) is 0 Å². The first-order valence-corrected chi connectivity index (χ1v) is 13.2. The number of carboxylic acid groups (broad SMARTS) is 3. The molecule has 21 heteroatoms. The molecule has 4 rings (SSSR count). The minimum atomic E-state index is -5.08. The Balaban J connectivity index is 0.000000430. The zero-order chi connectivity index (χ0) is 36.3. The van der Waals surface area contributed by atoms with E-state index >= 15 is 0 Å².